The van der Waals surface area contributed by atoms with Crippen LogP contribution in [0.1, 0.15) is 48.5 Å². The highest BCUT2D eigenvalue weighted by Gasteiger charge is 2.35. The van der Waals surface area contributed by atoms with Crippen LogP contribution in [0.3, 0.4) is 0 Å². The summed E-state index contributed by atoms with van der Waals surface area (Å²) in [5, 5.41) is 0. The Labute approximate surface area is 102 Å². The summed E-state index contributed by atoms with van der Waals surface area (Å²) in [5.74, 6) is -2.63. The molecule has 0 N–H and O–H groups in total. The first-order valence-corrected chi connectivity index (χ1v) is 9.60. The number of hydrogen-bond donors (Lipinski definition) is 0. The van der Waals surface area contributed by atoms with Crippen molar-refractivity contribution in [2.24, 2.45) is 0 Å². The van der Waals surface area contributed by atoms with Gasteiger partial charge < -0.3 is 4.52 Å². The Kier molecular flexibility index (Phi) is 5.81. The van der Waals surface area contributed by atoms with Crippen molar-refractivity contribution in [2.75, 3.05) is 6.61 Å². The van der Waals surface area contributed by atoms with Crippen LogP contribution in [0.5, 0.6) is 0 Å². The van der Waals surface area contributed by atoms with Gasteiger partial charge in [0, 0.05) is 9.49 Å². The van der Waals surface area contributed by atoms with Crippen LogP contribution in [0.2, 0.25) is 0 Å². The molecule has 0 heterocycles. The zero-order valence-corrected chi connectivity index (χ0v) is 13.3. The number of rotatable bonds is 4. The maximum absolute atomic E-state index is 12.5. The second-order valence-electron chi connectivity index (χ2n) is 5.27. The molecule has 0 aliphatic carbocycles. The zero-order valence-electron chi connectivity index (χ0n) is 10.8. The molecule has 0 aromatic carbocycles. The van der Waals surface area contributed by atoms with Crippen molar-refractivity contribution >= 4 is 28.5 Å². The maximum atomic E-state index is 12.5. The average Bonchev–Trinajstić information content (AvgIpc) is 1.74. The largest absolute Gasteiger partial charge is 0.314 e. The first kappa shape index (κ1) is 15.9. The van der Waals surface area contributed by atoms with Crippen LogP contribution >= 0.6 is 28.5 Å². The molecule has 5 heteroatoms. The molecule has 0 unspecified atom stereocenters. The third-order valence-corrected chi connectivity index (χ3v) is 9.78. The molecule has 92 valence electrons. The van der Waals surface area contributed by atoms with Crippen molar-refractivity contribution in [1.82, 2.24) is 0 Å². The van der Waals surface area contributed by atoms with Gasteiger partial charge in [0.2, 0.25) is 0 Å². The Balaban J connectivity index is 4.68. The molecule has 15 heavy (non-hydrogen) atoms. The molecule has 0 fully saturated rings. The molecule has 0 atom stereocenters. The Hall–Kier alpha value is 0.890. The fraction of sp³-hybridized carbons (Fsp3) is 1.00. The van der Waals surface area contributed by atoms with Gasteiger partial charge in [-0.25, -0.2) is 0 Å². The SMILES string of the molecule is CCOP(=O)(SC(C)(C)C)SC(C)(C)C. The lowest BCUT2D eigenvalue weighted by Gasteiger charge is -2.29. The summed E-state index contributed by atoms with van der Waals surface area (Å²) in [6.45, 7) is 14.8. The molecule has 0 aliphatic heterocycles. The van der Waals surface area contributed by atoms with Gasteiger partial charge in [-0.2, -0.15) is 0 Å². The van der Waals surface area contributed by atoms with E-state index in [2.05, 4.69) is 41.5 Å². The van der Waals surface area contributed by atoms with Gasteiger partial charge in [-0.05, 0) is 6.92 Å². The van der Waals surface area contributed by atoms with E-state index in [1.807, 2.05) is 6.92 Å². The average molecular weight is 270 g/mol. The predicted molar refractivity (Wildman–Crippen MR) is 73.9 cm³/mol. The zero-order chi connectivity index (χ0) is 12.3. The van der Waals surface area contributed by atoms with Gasteiger partial charge in [0.25, 0.3) is 0 Å². The monoisotopic (exact) mass is 270 g/mol. The summed E-state index contributed by atoms with van der Waals surface area (Å²) in [5.41, 5.74) is 0. The summed E-state index contributed by atoms with van der Waals surface area (Å²) in [6, 6.07) is 0. The fourth-order valence-corrected chi connectivity index (χ4v) is 12.1. The highest BCUT2D eigenvalue weighted by Crippen LogP contribution is 2.75. The van der Waals surface area contributed by atoms with Crippen LogP contribution in [0.15, 0.2) is 0 Å². The molecule has 2 nitrogen and oxygen atoms in total. The molecular weight excluding hydrogens is 247 g/mol. The van der Waals surface area contributed by atoms with Crippen LogP contribution < -0.4 is 0 Å². The summed E-state index contributed by atoms with van der Waals surface area (Å²) in [6.07, 6.45) is 0. The summed E-state index contributed by atoms with van der Waals surface area (Å²) in [4.78, 5) is 0. The van der Waals surface area contributed by atoms with Crippen molar-refractivity contribution in [1.29, 1.82) is 0 Å². The van der Waals surface area contributed by atoms with Crippen LogP contribution in [0, 0.1) is 0 Å². The second kappa shape index (κ2) is 5.48. The van der Waals surface area contributed by atoms with Gasteiger partial charge in [-0.1, -0.05) is 64.3 Å². The summed E-state index contributed by atoms with van der Waals surface area (Å²) < 4.78 is 17.9. The standard InChI is InChI=1S/C10H23O2PS2/c1-8-12-13(11,14-9(2,3)4)15-10(5,6)7/h8H2,1-7H3. The quantitative estimate of drug-likeness (QED) is 0.656. The third-order valence-electron chi connectivity index (χ3n) is 1.06. The lowest BCUT2D eigenvalue weighted by atomic mass is 10.3. The van der Waals surface area contributed by atoms with E-state index in [4.69, 9.17) is 4.52 Å². The van der Waals surface area contributed by atoms with E-state index in [0.29, 0.717) is 6.61 Å². The highest BCUT2D eigenvalue weighted by molar-refractivity contribution is 8.89. The van der Waals surface area contributed by atoms with Crippen molar-refractivity contribution < 1.29 is 9.09 Å². The smallest absolute Gasteiger partial charge is 0.314 e. The molecule has 0 aromatic heterocycles. The maximum Gasteiger partial charge on any atom is 0.314 e. The van der Waals surface area contributed by atoms with Crippen molar-refractivity contribution in [3.8, 4) is 0 Å². The van der Waals surface area contributed by atoms with Gasteiger partial charge in [-0.15, -0.1) is 0 Å². The Morgan fingerprint density at radius 1 is 1.00 bits per heavy atom. The lowest BCUT2D eigenvalue weighted by Crippen LogP contribution is -2.11. The normalized spacial score (nSPS) is 14.3. The van der Waals surface area contributed by atoms with E-state index in [-0.39, 0.29) is 9.49 Å². The summed E-state index contributed by atoms with van der Waals surface area (Å²) >= 11 is 2.90. The van der Waals surface area contributed by atoms with Gasteiger partial charge >= 0.3 is 5.77 Å². The van der Waals surface area contributed by atoms with E-state index >= 15 is 0 Å². The Morgan fingerprint density at radius 2 is 1.33 bits per heavy atom. The van der Waals surface area contributed by atoms with Crippen LogP contribution in [0.4, 0.5) is 0 Å². The van der Waals surface area contributed by atoms with Gasteiger partial charge in [0.05, 0.1) is 6.61 Å². The first-order chi connectivity index (χ1) is 6.47. The molecule has 0 bridgehead atoms. The summed E-state index contributed by atoms with van der Waals surface area (Å²) in [7, 11) is 0. The highest BCUT2D eigenvalue weighted by atomic mass is 33.1. The van der Waals surface area contributed by atoms with Gasteiger partial charge in [-0.3, -0.25) is 4.57 Å². The minimum atomic E-state index is -2.63. The molecule has 0 radical (unpaired) electrons. The van der Waals surface area contributed by atoms with Crippen molar-refractivity contribution in [2.45, 2.75) is 58.0 Å². The van der Waals surface area contributed by atoms with E-state index in [1.54, 1.807) is 0 Å². The molecule has 0 spiro atoms. The van der Waals surface area contributed by atoms with Crippen molar-refractivity contribution in [3.63, 3.8) is 0 Å². The Bertz CT molecular complexity index is 221. The molecule has 0 saturated heterocycles. The Morgan fingerprint density at radius 3 is 1.53 bits per heavy atom. The molecule has 0 amide bonds. The first-order valence-electron chi connectivity index (χ1n) is 5.13. The third kappa shape index (κ3) is 8.67. The predicted octanol–water partition coefficient (Wildman–Crippen LogP) is 5.19. The molecule has 0 aromatic rings. The van der Waals surface area contributed by atoms with Crippen LogP contribution in [-0.4, -0.2) is 16.1 Å². The van der Waals surface area contributed by atoms with Crippen molar-refractivity contribution in [3.05, 3.63) is 0 Å². The lowest BCUT2D eigenvalue weighted by molar-refractivity contribution is 0.357. The van der Waals surface area contributed by atoms with E-state index in [9.17, 15) is 4.57 Å². The molecule has 0 saturated carbocycles. The minimum absolute atomic E-state index is 0.0387. The fourth-order valence-electron chi connectivity index (χ4n) is 0.900. The van der Waals surface area contributed by atoms with E-state index in [0.717, 1.165) is 0 Å². The van der Waals surface area contributed by atoms with Crippen LogP contribution in [-0.2, 0) is 9.09 Å². The molecule has 0 rings (SSSR count). The van der Waals surface area contributed by atoms with Gasteiger partial charge in [0.15, 0.2) is 0 Å². The number of hydrogen-bond acceptors (Lipinski definition) is 4. The molecular formula is C10H23O2PS2. The second-order valence-corrected chi connectivity index (χ2v) is 13.9. The van der Waals surface area contributed by atoms with E-state index in [1.165, 1.54) is 22.8 Å². The van der Waals surface area contributed by atoms with Gasteiger partial charge in [0.1, 0.15) is 0 Å². The van der Waals surface area contributed by atoms with E-state index < -0.39 is 5.77 Å². The topological polar surface area (TPSA) is 26.3 Å². The molecule has 0 aliphatic rings. The minimum Gasteiger partial charge on any atom is -0.314 e. The van der Waals surface area contributed by atoms with Crippen LogP contribution in [0.25, 0.3) is 0 Å².